The van der Waals surface area contributed by atoms with Crippen molar-refractivity contribution in [3.05, 3.63) is 20.9 Å². The number of rotatable bonds is 0. The van der Waals surface area contributed by atoms with Crippen LogP contribution in [-0.4, -0.2) is 33.1 Å². The van der Waals surface area contributed by atoms with Gasteiger partial charge in [0.1, 0.15) is 16.2 Å². The van der Waals surface area contributed by atoms with Crippen LogP contribution in [0.3, 0.4) is 0 Å². The molecule has 7 nitrogen and oxygen atoms in total. The van der Waals surface area contributed by atoms with E-state index in [1.54, 1.807) is 4.90 Å². The van der Waals surface area contributed by atoms with Crippen LogP contribution in [0.2, 0.25) is 0 Å². The molecule has 22 heavy (non-hydrogen) atoms. The van der Waals surface area contributed by atoms with Crippen molar-refractivity contribution in [2.75, 3.05) is 12.3 Å². The summed E-state index contributed by atoms with van der Waals surface area (Å²) in [6.45, 7) is 6.56. The van der Waals surface area contributed by atoms with Crippen LogP contribution in [0.25, 0.3) is 10.2 Å². The summed E-state index contributed by atoms with van der Waals surface area (Å²) in [6.07, 6.45) is 0.349. The Labute approximate surface area is 131 Å². The van der Waals surface area contributed by atoms with E-state index >= 15 is 0 Å². The number of carbonyl (C=O) groups is 1. The van der Waals surface area contributed by atoms with E-state index in [1.165, 1.54) is 11.3 Å². The molecule has 2 aromatic rings. The molecule has 8 heteroatoms. The first-order valence-corrected chi connectivity index (χ1v) is 7.84. The number of aromatic nitrogens is 2. The second kappa shape index (κ2) is 4.98. The van der Waals surface area contributed by atoms with E-state index < -0.39 is 11.3 Å². The van der Waals surface area contributed by atoms with Crippen LogP contribution in [0.1, 0.15) is 31.2 Å². The zero-order valence-corrected chi connectivity index (χ0v) is 13.5. The molecule has 0 aromatic carbocycles. The number of anilines is 1. The fourth-order valence-corrected chi connectivity index (χ4v) is 3.80. The summed E-state index contributed by atoms with van der Waals surface area (Å²) < 4.78 is 5.41. The normalized spacial score (nSPS) is 15.0. The lowest BCUT2D eigenvalue weighted by Gasteiger charge is -2.30. The smallest absolute Gasteiger partial charge is 0.410 e. The van der Waals surface area contributed by atoms with Crippen molar-refractivity contribution in [3.63, 3.8) is 0 Å². The quantitative estimate of drug-likeness (QED) is 0.771. The number of thiophene rings is 1. The third-order valence-corrected chi connectivity index (χ3v) is 4.54. The lowest BCUT2D eigenvalue weighted by atomic mass is 10.1. The summed E-state index contributed by atoms with van der Waals surface area (Å²) in [5, 5.41) is 0.809. The predicted octanol–water partition coefficient (Wildman–Crippen LogP) is 1.86. The number of nitrogen functional groups attached to an aromatic ring is 1. The Hall–Kier alpha value is -2.09. The highest BCUT2D eigenvalue weighted by Crippen LogP contribution is 2.36. The van der Waals surface area contributed by atoms with E-state index in [2.05, 4.69) is 9.97 Å². The summed E-state index contributed by atoms with van der Waals surface area (Å²) in [7, 11) is 0. The van der Waals surface area contributed by atoms with Crippen LogP contribution in [0.15, 0.2) is 4.79 Å². The minimum Gasteiger partial charge on any atom is -0.444 e. The first-order chi connectivity index (χ1) is 10.2. The lowest BCUT2D eigenvalue weighted by Crippen LogP contribution is -2.39. The van der Waals surface area contributed by atoms with Crippen molar-refractivity contribution < 1.29 is 9.53 Å². The molecule has 0 fully saturated rings. The van der Waals surface area contributed by atoms with Gasteiger partial charge in [0.2, 0.25) is 0 Å². The molecule has 3 heterocycles. The lowest BCUT2D eigenvalue weighted by molar-refractivity contribution is 0.0227. The molecule has 118 valence electrons. The van der Waals surface area contributed by atoms with Gasteiger partial charge in [-0.25, -0.2) is 9.59 Å². The fourth-order valence-electron chi connectivity index (χ4n) is 2.54. The Morgan fingerprint density at radius 3 is 2.86 bits per heavy atom. The summed E-state index contributed by atoms with van der Waals surface area (Å²) in [6, 6.07) is 0. The van der Waals surface area contributed by atoms with Gasteiger partial charge in [-0.15, -0.1) is 11.3 Å². The second-order valence-electron chi connectivity index (χ2n) is 6.29. The molecule has 3 N–H and O–H groups in total. The Bertz CT molecular complexity index is 803. The van der Waals surface area contributed by atoms with Crippen LogP contribution in [0, 0.1) is 0 Å². The highest BCUT2D eigenvalue weighted by Gasteiger charge is 2.28. The zero-order chi connectivity index (χ0) is 16.1. The highest BCUT2D eigenvalue weighted by molar-refractivity contribution is 7.18. The topological polar surface area (TPSA) is 101 Å². The van der Waals surface area contributed by atoms with E-state index in [0.717, 1.165) is 15.8 Å². The minimum atomic E-state index is -0.517. The Kier molecular flexibility index (Phi) is 3.36. The summed E-state index contributed by atoms with van der Waals surface area (Å²) in [4.78, 5) is 33.5. The van der Waals surface area contributed by atoms with Crippen LogP contribution in [0.4, 0.5) is 10.6 Å². The van der Waals surface area contributed by atoms with E-state index in [0.29, 0.717) is 24.3 Å². The van der Waals surface area contributed by atoms with Crippen LogP contribution in [0.5, 0.6) is 0 Å². The van der Waals surface area contributed by atoms with Gasteiger partial charge >= 0.3 is 11.8 Å². The first-order valence-electron chi connectivity index (χ1n) is 7.02. The molecule has 0 unspecified atom stereocenters. The van der Waals surface area contributed by atoms with E-state index in [-0.39, 0.29) is 11.9 Å². The summed E-state index contributed by atoms with van der Waals surface area (Å²) in [5.41, 5.74) is 5.98. The molecule has 2 aromatic heterocycles. The average Bonchev–Trinajstić information content (AvgIpc) is 2.73. The van der Waals surface area contributed by atoms with E-state index in [9.17, 15) is 9.59 Å². The summed E-state index contributed by atoms with van der Waals surface area (Å²) >= 11 is 1.44. The largest absolute Gasteiger partial charge is 0.444 e. The van der Waals surface area contributed by atoms with Gasteiger partial charge in [-0.2, -0.15) is 4.98 Å². The predicted molar refractivity (Wildman–Crippen MR) is 85.0 cm³/mol. The maximum Gasteiger partial charge on any atom is 0.410 e. The zero-order valence-electron chi connectivity index (χ0n) is 12.7. The molecule has 1 aliphatic heterocycles. The number of nitrogens with zero attached hydrogens (tertiary/aromatic N) is 2. The monoisotopic (exact) mass is 322 g/mol. The van der Waals surface area contributed by atoms with Gasteiger partial charge in [-0.3, -0.25) is 4.98 Å². The van der Waals surface area contributed by atoms with Crippen LogP contribution in [-0.2, 0) is 17.7 Å². The fraction of sp³-hybridized carbons (Fsp3) is 0.500. The molecule has 0 spiro atoms. The Morgan fingerprint density at radius 2 is 2.18 bits per heavy atom. The summed E-state index contributed by atoms with van der Waals surface area (Å²) in [5.74, 6) is 0.252. The molecule has 0 atom stereocenters. The number of nitrogens with one attached hydrogen (secondary N) is 1. The van der Waals surface area contributed by atoms with Gasteiger partial charge in [-0.1, -0.05) is 0 Å². The van der Waals surface area contributed by atoms with Gasteiger partial charge < -0.3 is 15.4 Å². The van der Waals surface area contributed by atoms with Crippen molar-refractivity contribution in [3.8, 4) is 0 Å². The average molecular weight is 322 g/mol. The third-order valence-electron chi connectivity index (χ3n) is 3.41. The van der Waals surface area contributed by atoms with Gasteiger partial charge in [0, 0.05) is 11.4 Å². The molecule has 1 amide bonds. The van der Waals surface area contributed by atoms with E-state index in [1.807, 2.05) is 20.8 Å². The number of fused-ring (bicyclic) bond motifs is 3. The molecular weight excluding hydrogens is 304 g/mol. The number of nitrogens with two attached hydrogens (primary N) is 1. The SMILES string of the molecule is CC(C)(C)OC(=O)N1CCc2c(sc3[nH]c(=O)nc(N)c23)C1. The van der Waals surface area contributed by atoms with Gasteiger partial charge in [0.15, 0.2) is 0 Å². The van der Waals surface area contributed by atoms with Crippen molar-refractivity contribution in [2.45, 2.75) is 39.3 Å². The molecule has 0 radical (unpaired) electrons. The minimum absolute atomic E-state index is 0.252. The van der Waals surface area contributed by atoms with Crippen LogP contribution < -0.4 is 11.4 Å². The van der Waals surface area contributed by atoms with Gasteiger partial charge in [-0.05, 0) is 32.8 Å². The molecule has 0 saturated carbocycles. The molecule has 0 aliphatic carbocycles. The first kappa shape index (κ1) is 14.8. The number of H-pyrrole nitrogens is 1. The van der Waals surface area contributed by atoms with Crippen molar-refractivity contribution in [1.29, 1.82) is 0 Å². The number of ether oxygens (including phenoxy) is 1. The number of aromatic amines is 1. The number of amides is 1. The third kappa shape index (κ3) is 2.66. The Morgan fingerprint density at radius 1 is 1.45 bits per heavy atom. The Balaban J connectivity index is 1.92. The van der Waals surface area contributed by atoms with Crippen molar-refractivity contribution in [1.82, 2.24) is 14.9 Å². The maximum atomic E-state index is 12.2. The van der Waals surface area contributed by atoms with Gasteiger partial charge in [0.25, 0.3) is 0 Å². The van der Waals surface area contributed by atoms with E-state index in [4.69, 9.17) is 10.5 Å². The number of hydrogen-bond donors (Lipinski definition) is 2. The molecular formula is C14H18N4O3S. The molecule has 3 rings (SSSR count). The molecule has 1 aliphatic rings. The number of carbonyl (C=O) groups excluding carboxylic acids is 1. The molecule has 0 bridgehead atoms. The standard InChI is InChI=1S/C14H18N4O3S/c1-14(2,3)21-13(20)18-5-4-7-8(6-18)22-11-9(7)10(15)16-12(19)17-11/h4-6H2,1-3H3,(H3,15,16,17,19). The van der Waals surface area contributed by atoms with Crippen molar-refractivity contribution in [2.24, 2.45) is 0 Å². The maximum absolute atomic E-state index is 12.2. The van der Waals surface area contributed by atoms with Crippen molar-refractivity contribution >= 4 is 33.5 Å². The number of hydrogen-bond acceptors (Lipinski definition) is 6. The van der Waals surface area contributed by atoms with Gasteiger partial charge in [0.05, 0.1) is 11.9 Å². The van der Waals surface area contributed by atoms with Crippen LogP contribution >= 0.6 is 11.3 Å². The highest BCUT2D eigenvalue weighted by atomic mass is 32.1. The molecule has 0 saturated heterocycles. The second-order valence-corrected chi connectivity index (χ2v) is 7.39.